The Kier molecular flexibility index (Phi) is 4.36. The quantitative estimate of drug-likeness (QED) is 0.345. The van der Waals surface area contributed by atoms with Crippen molar-refractivity contribution in [1.82, 2.24) is 0 Å². The summed E-state index contributed by atoms with van der Waals surface area (Å²) in [5, 5.41) is 0. The van der Waals surface area contributed by atoms with E-state index in [2.05, 4.69) is 6.07 Å². The van der Waals surface area contributed by atoms with Crippen molar-refractivity contribution in [2.45, 2.75) is 0 Å². The number of amides is 1. The van der Waals surface area contributed by atoms with E-state index in [0.29, 0.717) is 5.56 Å². The van der Waals surface area contributed by atoms with E-state index in [1.54, 1.807) is 24.3 Å². The van der Waals surface area contributed by atoms with Gasteiger partial charge in [-0.3, -0.25) is 0 Å². The van der Waals surface area contributed by atoms with Crippen LogP contribution in [0.4, 0.5) is 0 Å². The molecular formula is C7H6NNaO. The van der Waals surface area contributed by atoms with Crippen molar-refractivity contribution in [3.63, 3.8) is 0 Å². The number of carbonyl (C=O) groups is 1. The van der Waals surface area contributed by atoms with Crippen LogP contribution in [0.5, 0.6) is 0 Å². The Labute approximate surface area is 81.7 Å². The van der Waals surface area contributed by atoms with Gasteiger partial charge in [0, 0.05) is 0 Å². The van der Waals surface area contributed by atoms with E-state index in [-0.39, 0.29) is 29.6 Å². The van der Waals surface area contributed by atoms with Crippen LogP contribution in [-0.4, -0.2) is 5.91 Å². The molecule has 0 atom stereocenters. The smallest absolute Gasteiger partial charge is 0.404 e. The van der Waals surface area contributed by atoms with E-state index in [1.165, 1.54) is 0 Å². The summed E-state index contributed by atoms with van der Waals surface area (Å²) in [4.78, 5) is 10.4. The molecule has 0 heterocycles. The molecule has 1 amide bonds. The minimum atomic E-state index is -0.435. The molecule has 0 aromatic heterocycles. The number of nitrogens with two attached hydrogens (primary N) is 1. The molecule has 10 heavy (non-hydrogen) atoms. The molecule has 0 unspecified atom stereocenters. The summed E-state index contributed by atoms with van der Waals surface area (Å²) in [6, 6.07) is 9.50. The number of primary amides is 1. The number of carbonyl (C=O) groups excluding carboxylic acids is 1. The van der Waals surface area contributed by atoms with Crippen molar-refractivity contribution in [2.75, 3.05) is 0 Å². The molecule has 0 aliphatic carbocycles. The van der Waals surface area contributed by atoms with Gasteiger partial charge in [0.2, 0.25) is 0 Å². The summed E-state index contributed by atoms with van der Waals surface area (Å²) in [5.74, 6) is -0.435. The summed E-state index contributed by atoms with van der Waals surface area (Å²) in [7, 11) is 0. The Balaban J connectivity index is 0.000000810. The molecule has 0 aliphatic rings. The summed E-state index contributed by atoms with van der Waals surface area (Å²) < 4.78 is 0. The zero-order chi connectivity index (χ0) is 6.69. The van der Waals surface area contributed by atoms with Crippen LogP contribution in [0.2, 0.25) is 0 Å². The molecule has 1 aromatic rings. The third kappa shape index (κ3) is 2.52. The summed E-state index contributed by atoms with van der Waals surface area (Å²) in [6.45, 7) is 0. The Bertz CT molecular complexity index is 210. The van der Waals surface area contributed by atoms with E-state index in [0.717, 1.165) is 0 Å². The predicted octanol–water partition coefficient (Wildman–Crippen LogP) is -2.41. The molecule has 0 fully saturated rings. The second kappa shape index (κ2) is 4.50. The SMILES string of the molecule is NC(=O)c1[c-]cccc1.[Na+]. The van der Waals surface area contributed by atoms with E-state index >= 15 is 0 Å². The molecule has 1 rings (SSSR count). The zero-order valence-electron chi connectivity index (χ0n) is 5.79. The molecule has 2 nitrogen and oxygen atoms in total. The second-order valence-corrected chi connectivity index (χ2v) is 1.64. The standard InChI is InChI=1S/C7H6NO.Na/c8-7(9)6-4-2-1-3-5-6;/h1-4H,(H2,8,9);/q-1;+1. The van der Waals surface area contributed by atoms with Gasteiger partial charge in [-0.15, -0.1) is 30.3 Å². The van der Waals surface area contributed by atoms with Crippen molar-refractivity contribution in [1.29, 1.82) is 0 Å². The number of hydrogen-bond acceptors (Lipinski definition) is 1. The topological polar surface area (TPSA) is 43.1 Å². The Hall–Kier alpha value is -0.310. The maximum Gasteiger partial charge on any atom is 1.00 e. The van der Waals surface area contributed by atoms with E-state index in [4.69, 9.17) is 5.73 Å². The van der Waals surface area contributed by atoms with Crippen LogP contribution in [0, 0.1) is 6.07 Å². The summed E-state index contributed by atoms with van der Waals surface area (Å²) >= 11 is 0. The molecule has 3 heteroatoms. The van der Waals surface area contributed by atoms with Gasteiger partial charge in [0.25, 0.3) is 0 Å². The van der Waals surface area contributed by atoms with E-state index < -0.39 is 5.91 Å². The number of hydrogen-bond donors (Lipinski definition) is 1. The first kappa shape index (κ1) is 9.69. The van der Waals surface area contributed by atoms with Crippen molar-refractivity contribution < 1.29 is 34.4 Å². The van der Waals surface area contributed by atoms with Crippen molar-refractivity contribution >= 4 is 5.91 Å². The summed E-state index contributed by atoms with van der Waals surface area (Å²) in [5.41, 5.74) is 5.37. The molecular weight excluding hydrogens is 137 g/mol. The Morgan fingerprint density at radius 1 is 1.50 bits per heavy atom. The van der Waals surface area contributed by atoms with Crippen LogP contribution in [-0.2, 0) is 0 Å². The van der Waals surface area contributed by atoms with Crippen molar-refractivity contribution in [3.05, 3.63) is 35.9 Å². The fourth-order valence-corrected chi connectivity index (χ4v) is 0.547. The normalized spacial score (nSPS) is 8.00. The Morgan fingerprint density at radius 3 is 2.50 bits per heavy atom. The monoisotopic (exact) mass is 143 g/mol. The minimum Gasteiger partial charge on any atom is -0.404 e. The van der Waals surface area contributed by atoms with Crippen LogP contribution in [0.15, 0.2) is 24.3 Å². The number of rotatable bonds is 1. The van der Waals surface area contributed by atoms with Gasteiger partial charge in [-0.2, -0.15) is 0 Å². The fraction of sp³-hybridized carbons (Fsp3) is 0. The molecule has 0 bridgehead atoms. The fourth-order valence-electron chi connectivity index (χ4n) is 0.547. The average Bonchev–Trinajstić information content (AvgIpc) is 1.90. The molecule has 0 spiro atoms. The van der Waals surface area contributed by atoms with Crippen LogP contribution >= 0.6 is 0 Å². The van der Waals surface area contributed by atoms with E-state index in [9.17, 15) is 4.79 Å². The maximum atomic E-state index is 10.4. The molecule has 0 saturated carbocycles. The van der Waals surface area contributed by atoms with Gasteiger partial charge in [0.05, 0.1) is 0 Å². The average molecular weight is 143 g/mol. The van der Waals surface area contributed by atoms with Gasteiger partial charge >= 0.3 is 29.6 Å². The van der Waals surface area contributed by atoms with Gasteiger partial charge < -0.3 is 10.5 Å². The van der Waals surface area contributed by atoms with Crippen LogP contribution in [0.3, 0.4) is 0 Å². The van der Waals surface area contributed by atoms with Crippen LogP contribution < -0.4 is 35.3 Å². The van der Waals surface area contributed by atoms with E-state index in [1.807, 2.05) is 0 Å². The summed E-state index contributed by atoms with van der Waals surface area (Å²) in [6.07, 6.45) is 0. The maximum absolute atomic E-state index is 10.4. The first-order valence-corrected chi connectivity index (χ1v) is 2.57. The third-order valence-corrected chi connectivity index (χ3v) is 0.975. The first-order valence-electron chi connectivity index (χ1n) is 2.57. The van der Waals surface area contributed by atoms with Crippen molar-refractivity contribution in [2.24, 2.45) is 5.73 Å². The van der Waals surface area contributed by atoms with Gasteiger partial charge in [0.1, 0.15) is 0 Å². The predicted molar refractivity (Wildman–Crippen MR) is 33.8 cm³/mol. The van der Waals surface area contributed by atoms with Gasteiger partial charge in [0.15, 0.2) is 5.91 Å². The largest absolute Gasteiger partial charge is 1.00 e. The van der Waals surface area contributed by atoms with Gasteiger partial charge in [-0.05, 0) is 0 Å². The molecule has 0 radical (unpaired) electrons. The van der Waals surface area contributed by atoms with Crippen LogP contribution in [0.25, 0.3) is 0 Å². The molecule has 0 aliphatic heterocycles. The van der Waals surface area contributed by atoms with Crippen LogP contribution in [0.1, 0.15) is 10.4 Å². The third-order valence-electron chi connectivity index (χ3n) is 0.975. The molecule has 2 N–H and O–H groups in total. The molecule has 1 aromatic carbocycles. The van der Waals surface area contributed by atoms with Crippen molar-refractivity contribution in [3.8, 4) is 0 Å². The van der Waals surface area contributed by atoms with Gasteiger partial charge in [-0.1, -0.05) is 5.56 Å². The number of benzene rings is 1. The minimum absolute atomic E-state index is 0. The van der Waals surface area contributed by atoms with Gasteiger partial charge in [-0.25, -0.2) is 0 Å². The second-order valence-electron chi connectivity index (χ2n) is 1.64. The molecule has 0 saturated heterocycles. The molecule has 46 valence electrons. The Morgan fingerprint density at radius 2 is 2.20 bits per heavy atom. The first-order chi connectivity index (χ1) is 4.30. The zero-order valence-corrected chi connectivity index (χ0v) is 7.79.